The second kappa shape index (κ2) is 8.69. The van der Waals surface area contributed by atoms with Crippen molar-refractivity contribution in [3.63, 3.8) is 0 Å². The van der Waals surface area contributed by atoms with Crippen molar-refractivity contribution in [3.8, 4) is 33.2 Å². The average molecular weight is 427 g/mol. The van der Waals surface area contributed by atoms with Crippen molar-refractivity contribution in [2.45, 2.75) is 11.0 Å². The summed E-state index contributed by atoms with van der Waals surface area (Å²) in [6.45, 7) is 0. The fourth-order valence-electron chi connectivity index (χ4n) is 3.16. The summed E-state index contributed by atoms with van der Waals surface area (Å²) in [5.74, 6) is 1.51. The van der Waals surface area contributed by atoms with Crippen LogP contribution >= 0.6 is 23.1 Å². The molecule has 0 aliphatic heterocycles. The van der Waals surface area contributed by atoms with Gasteiger partial charge in [-0.2, -0.15) is 0 Å². The maximum atomic E-state index is 6.20. The first kappa shape index (κ1) is 18.9. The summed E-state index contributed by atoms with van der Waals surface area (Å²) in [6, 6.07) is 30.6. The zero-order chi connectivity index (χ0) is 20.2. The van der Waals surface area contributed by atoms with Crippen LogP contribution in [0.1, 0.15) is 5.69 Å². The van der Waals surface area contributed by atoms with E-state index in [9.17, 15) is 0 Å². The van der Waals surface area contributed by atoms with Crippen LogP contribution < -0.4 is 0 Å². The molecule has 30 heavy (non-hydrogen) atoms. The molecule has 5 heteroatoms. The van der Waals surface area contributed by atoms with Crippen LogP contribution in [-0.4, -0.2) is 9.97 Å². The lowest BCUT2D eigenvalue weighted by atomic mass is 10.1. The number of oxazole rings is 1. The molecule has 3 nitrogen and oxygen atoms in total. The van der Waals surface area contributed by atoms with Crippen molar-refractivity contribution in [2.24, 2.45) is 0 Å². The third-order valence-corrected chi connectivity index (χ3v) is 6.41. The van der Waals surface area contributed by atoms with E-state index in [-0.39, 0.29) is 0 Å². The van der Waals surface area contributed by atoms with Gasteiger partial charge in [-0.25, -0.2) is 9.97 Å². The normalized spacial score (nSPS) is 10.9. The third kappa shape index (κ3) is 4.08. The molecule has 0 fully saturated rings. The molecule has 5 aromatic rings. The minimum Gasteiger partial charge on any atom is -0.431 e. The SMILES string of the molecule is c1ccc(-c2nc(CSc3nc(-c4ccccc4)c(-c4ccccc4)o3)cs2)cc1. The fraction of sp³-hybridized carbons (Fsp3) is 0.0400. The Bertz CT molecular complexity index is 1180. The van der Waals surface area contributed by atoms with Crippen molar-refractivity contribution in [1.82, 2.24) is 9.97 Å². The quantitative estimate of drug-likeness (QED) is 0.265. The summed E-state index contributed by atoms with van der Waals surface area (Å²) in [6.07, 6.45) is 0. The molecular weight excluding hydrogens is 408 g/mol. The van der Waals surface area contributed by atoms with Gasteiger partial charge in [-0.3, -0.25) is 0 Å². The lowest BCUT2D eigenvalue weighted by molar-refractivity contribution is 0.466. The number of nitrogens with zero attached hydrogens (tertiary/aromatic N) is 2. The molecule has 3 aromatic carbocycles. The summed E-state index contributed by atoms with van der Waals surface area (Å²) in [5, 5.41) is 3.80. The van der Waals surface area contributed by atoms with Crippen molar-refractivity contribution in [1.29, 1.82) is 0 Å². The number of thioether (sulfide) groups is 1. The predicted octanol–water partition coefficient (Wildman–Crippen LogP) is 7.42. The predicted molar refractivity (Wildman–Crippen MR) is 124 cm³/mol. The van der Waals surface area contributed by atoms with Gasteiger partial charge in [-0.1, -0.05) is 103 Å². The Morgan fingerprint density at radius 1 is 0.700 bits per heavy atom. The second-order valence-corrected chi connectivity index (χ2v) is 8.47. The number of rotatable bonds is 6. The van der Waals surface area contributed by atoms with Crippen LogP contribution in [0.2, 0.25) is 0 Å². The smallest absolute Gasteiger partial charge is 0.257 e. The van der Waals surface area contributed by atoms with Gasteiger partial charge in [-0.15, -0.1) is 11.3 Å². The topological polar surface area (TPSA) is 38.9 Å². The number of benzene rings is 3. The van der Waals surface area contributed by atoms with Gasteiger partial charge in [0.2, 0.25) is 0 Å². The number of aromatic nitrogens is 2. The monoisotopic (exact) mass is 426 g/mol. The van der Waals surface area contributed by atoms with Gasteiger partial charge < -0.3 is 4.42 Å². The summed E-state index contributed by atoms with van der Waals surface area (Å²) >= 11 is 3.24. The van der Waals surface area contributed by atoms with Gasteiger partial charge in [0.25, 0.3) is 5.22 Å². The molecule has 2 heterocycles. The van der Waals surface area contributed by atoms with E-state index in [1.54, 1.807) is 23.1 Å². The summed E-state index contributed by atoms with van der Waals surface area (Å²) in [4.78, 5) is 9.58. The van der Waals surface area contributed by atoms with E-state index < -0.39 is 0 Å². The molecule has 0 atom stereocenters. The van der Waals surface area contributed by atoms with Gasteiger partial charge >= 0.3 is 0 Å². The average Bonchev–Trinajstić information content (AvgIpc) is 3.47. The van der Waals surface area contributed by atoms with E-state index in [2.05, 4.69) is 29.6 Å². The molecule has 0 amide bonds. The summed E-state index contributed by atoms with van der Waals surface area (Å²) < 4.78 is 6.20. The highest BCUT2D eigenvalue weighted by Crippen LogP contribution is 2.36. The van der Waals surface area contributed by atoms with Gasteiger partial charge in [0.1, 0.15) is 10.7 Å². The molecule has 0 aliphatic rings. The second-order valence-electron chi connectivity index (χ2n) is 6.69. The maximum Gasteiger partial charge on any atom is 0.257 e. The number of hydrogen-bond acceptors (Lipinski definition) is 5. The molecule has 0 bridgehead atoms. The van der Waals surface area contributed by atoms with E-state index in [0.717, 1.165) is 38.8 Å². The standard InChI is InChI=1S/C25H18N2OS2/c1-4-10-18(11-5-1)22-23(19-12-6-2-7-13-19)28-25(27-22)30-17-21-16-29-24(26-21)20-14-8-3-9-15-20/h1-16H,17H2. The molecular formula is C25H18N2OS2. The molecule has 2 aromatic heterocycles. The first-order valence-electron chi connectivity index (χ1n) is 9.61. The van der Waals surface area contributed by atoms with E-state index in [1.165, 1.54) is 0 Å². The summed E-state index contributed by atoms with van der Waals surface area (Å²) in [7, 11) is 0. The zero-order valence-electron chi connectivity index (χ0n) is 16.1. The van der Waals surface area contributed by atoms with E-state index >= 15 is 0 Å². The molecule has 0 N–H and O–H groups in total. The van der Waals surface area contributed by atoms with Crippen LogP contribution in [0.25, 0.3) is 33.2 Å². The van der Waals surface area contributed by atoms with Crippen molar-refractivity contribution in [2.75, 3.05) is 0 Å². The molecule has 5 rings (SSSR count). The molecule has 0 aliphatic carbocycles. The van der Waals surface area contributed by atoms with Crippen molar-refractivity contribution < 1.29 is 4.42 Å². The Kier molecular flexibility index (Phi) is 5.46. The highest BCUT2D eigenvalue weighted by Gasteiger charge is 2.17. The van der Waals surface area contributed by atoms with Crippen LogP contribution in [0.15, 0.2) is 106 Å². The molecule has 0 saturated carbocycles. The lowest BCUT2D eigenvalue weighted by Gasteiger charge is -2.00. The lowest BCUT2D eigenvalue weighted by Crippen LogP contribution is -1.83. The largest absolute Gasteiger partial charge is 0.431 e. The van der Waals surface area contributed by atoms with E-state index in [4.69, 9.17) is 14.4 Å². The highest BCUT2D eigenvalue weighted by molar-refractivity contribution is 7.98. The van der Waals surface area contributed by atoms with Crippen LogP contribution in [0.3, 0.4) is 0 Å². The Labute approximate surface area is 183 Å². The van der Waals surface area contributed by atoms with Crippen LogP contribution in [-0.2, 0) is 5.75 Å². The fourth-order valence-corrected chi connectivity index (χ4v) is 4.81. The molecule has 0 unspecified atom stereocenters. The first-order chi connectivity index (χ1) is 14.9. The third-order valence-electron chi connectivity index (χ3n) is 4.61. The molecule has 146 valence electrons. The van der Waals surface area contributed by atoms with Crippen LogP contribution in [0, 0.1) is 0 Å². The Balaban J connectivity index is 1.40. The van der Waals surface area contributed by atoms with E-state index in [1.807, 2.05) is 66.7 Å². The maximum absolute atomic E-state index is 6.20. The Morgan fingerprint density at radius 2 is 1.30 bits per heavy atom. The molecule has 0 radical (unpaired) electrons. The molecule has 0 spiro atoms. The van der Waals surface area contributed by atoms with Crippen LogP contribution in [0.4, 0.5) is 0 Å². The number of hydrogen-bond donors (Lipinski definition) is 0. The first-order valence-corrected chi connectivity index (χ1v) is 11.5. The highest BCUT2D eigenvalue weighted by atomic mass is 32.2. The zero-order valence-corrected chi connectivity index (χ0v) is 17.7. The van der Waals surface area contributed by atoms with Gasteiger partial charge in [0.15, 0.2) is 5.76 Å². The van der Waals surface area contributed by atoms with Crippen molar-refractivity contribution in [3.05, 3.63) is 102 Å². The summed E-state index contributed by atoms with van der Waals surface area (Å²) in [5.41, 5.74) is 5.12. The van der Waals surface area contributed by atoms with Crippen molar-refractivity contribution >= 4 is 23.1 Å². The Hall–Kier alpha value is -3.15. The molecule has 0 saturated heterocycles. The van der Waals surface area contributed by atoms with Gasteiger partial charge in [0.05, 0.1) is 5.69 Å². The minimum atomic E-state index is 0.655. The Morgan fingerprint density at radius 3 is 1.97 bits per heavy atom. The van der Waals surface area contributed by atoms with Crippen LogP contribution in [0.5, 0.6) is 0 Å². The van der Waals surface area contributed by atoms with E-state index in [0.29, 0.717) is 11.0 Å². The number of thiazole rings is 1. The minimum absolute atomic E-state index is 0.655. The van der Waals surface area contributed by atoms with Gasteiger partial charge in [0, 0.05) is 27.8 Å². The van der Waals surface area contributed by atoms with Gasteiger partial charge in [-0.05, 0) is 0 Å².